The van der Waals surface area contributed by atoms with E-state index in [1.165, 1.54) is 4.31 Å². The van der Waals surface area contributed by atoms with Gasteiger partial charge in [0.15, 0.2) is 0 Å². The maximum absolute atomic E-state index is 12.4. The van der Waals surface area contributed by atoms with Crippen molar-refractivity contribution in [1.29, 1.82) is 0 Å². The third kappa shape index (κ3) is 3.13. The normalized spacial score (nSPS) is 21.9. The largest absolute Gasteiger partial charge is 0.416 e. The Labute approximate surface area is 115 Å². The minimum Gasteiger partial charge on any atom is -0.327 e. The van der Waals surface area contributed by atoms with Gasteiger partial charge in [0.05, 0.1) is 10.5 Å². The molecule has 0 amide bonds. The van der Waals surface area contributed by atoms with Gasteiger partial charge in [-0.15, -0.1) is 0 Å². The first-order valence-electron chi connectivity index (χ1n) is 6.14. The third-order valence-corrected chi connectivity index (χ3v) is 5.12. The van der Waals surface area contributed by atoms with Crippen molar-refractivity contribution in [2.24, 2.45) is 5.73 Å². The number of nitrogens with two attached hydrogens (primary N) is 1. The Morgan fingerprint density at radius 2 is 1.80 bits per heavy atom. The van der Waals surface area contributed by atoms with Gasteiger partial charge in [0.25, 0.3) is 0 Å². The van der Waals surface area contributed by atoms with Crippen LogP contribution in [-0.4, -0.2) is 31.9 Å². The number of halogens is 3. The van der Waals surface area contributed by atoms with Gasteiger partial charge in [-0.25, -0.2) is 8.42 Å². The second-order valence-corrected chi connectivity index (χ2v) is 6.73. The van der Waals surface area contributed by atoms with Crippen LogP contribution >= 0.6 is 0 Å². The second kappa shape index (κ2) is 5.34. The van der Waals surface area contributed by atoms with Crippen molar-refractivity contribution in [3.05, 3.63) is 29.8 Å². The molecular formula is C12H15F3N2O2S. The summed E-state index contributed by atoms with van der Waals surface area (Å²) in [6, 6.07) is 3.29. The predicted molar refractivity (Wildman–Crippen MR) is 67.4 cm³/mol. The van der Waals surface area contributed by atoms with Gasteiger partial charge in [-0.3, -0.25) is 0 Å². The number of rotatable bonds is 2. The quantitative estimate of drug-likeness (QED) is 0.906. The number of hydrogen-bond donors (Lipinski definition) is 1. The Bertz CT molecular complexity index is 569. The van der Waals surface area contributed by atoms with Gasteiger partial charge in [0.1, 0.15) is 0 Å². The standard InChI is InChI=1S/C12H15F3N2O2S/c13-12(14,15)9-3-5-11(6-4-9)20(18,19)17-7-1-2-10(16)8-17/h3-6,10H,1-2,7-8,16H2/t10-/m0/s1. The van der Waals surface area contributed by atoms with E-state index < -0.39 is 21.8 Å². The van der Waals surface area contributed by atoms with Crippen LogP contribution < -0.4 is 5.73 Å². The van der Waals surface area contributed by atoms with E-state index in [-0.39, 0.29) is 17.5 Å². The molecule has 1 aliphatic rings. The maximum atomic E-state index is 12.4. The highest BCUT2D eigenvalue weighted by Gasteiger charge is 2.32. The molecular weight excluding hydrogens is 293 g/mol. The van der Waals surface area contributed by atoms with Crippen molar-refractivity contribution < 1.29 is 21.6 Å². The number of hydrogen-bond acceptors (Lipinski definition) is 3. The molecule has 2 rings (SSSR count). The molecule has 0 radical (unpaired) electrons. The number of alkyl halides is 3. The average molecular weight is 308 g/mol. The van der Waals surface area contributed by atoms with E-state index in [1.807, 2.05) is 0 Å². The van der Waals surface area contributed by atoms with E-state index in [0.717, 1.165) is 30.7 Å². The minimum absolute atomic E-state index is 0.139. The van der Waals surface area contributed by atoms with Crippen LogP contribution in [0.25, 0.3) is 0 Å². The monoisotopic (exact) mass is 308 g/mol. The number of piperidine rings is 1. The molecule has 0 saturated carbocycles. The van der Waals surface area contributed by atoms with E-state index in [2.05, 4.69) is 0 Å². The van der Waals surface area contributed by atoms with Crippen LogP contribution in [0.4, 0.5) is 13.2 Å². The molecule has 1 heterocycles. The van der Waals surface area contributed by atoms with Crippen LogP contribution in [0.3, 0.4) is 0 Å². The third-order valence-electron chi connectivity index (χ3n) is 3.24. The zero-order chi connectivity index (χ0) is 15.0. The average Bonchev–Trinajstić information content (AvgIpc) is 2.38. The van der Waals surface area contributed by atoms with Crippen molar-refractivity contribution in [1.82, 2.24) is 4.31 Å². The molecule has 0 aliphatic carbocycles. The number of benzene rings is 1. The second-order valence-electron chi connectivity index (χ2n) is 4.79. The Morgan fingerprint density at radius 1 is 1.20 bits per heavy atom. The maximum Gasteiger partial charge on any atom is 0.416 e. The van der Waals surface area contributed by atoms with Crippen LogP contribution in [-0.2, 0) is 16.2 Å². The fourth-order valence-electron chi connectivity index (χ4n) is 2.16. The van der Waals surface area contributed by atoms with E-state index >= 15 is 0 Å². The summed E-state index contributed by atoms with van der Waals surface area (Å²) in [5.41, 5.74) is 4.86. The SMILES string of the molecule is N[C@H]1CCCN(S(=O)(=O)c2ccc(C(F)(F)F)cc2)C1. The summed E-state index contributed by atoms with van der Waals surface area (Å²) in [5, 5.41) is 0. The lowest BCUT2D eigenvalue weighted by Gasteiger charge is -2.29. The number of sulfonamides is 1. The topological polar surface area (TPSA) is 63.4 Å². The smallest absolute Gasteiger partial charge is 0.327 e. The molecule has 0 spiro atoms. The van der Waals surface area contributed by atoms with Crippen LogP contribution in [0.2, 0.25) is 0 Å². The van der Waals surface area contributed by atoms with Crippen molar-refractivity contribution in [2.45, 2.75) is 30.0 Å². The molecule has 0 aromatic heterocycles. The molecule has 4 nitrogen and oxygen atoms in total. The fourth-order valence-corrected chi connectivity index (χ4v) is 3.69. The lowest BCUT2D eigenvalue weighted by atomic mass is 10.1. The molecule has 20 heavy (non-hydrogen) atoms. The summed E-state index contributed by atoms with van der Waals surface area (Å²) in [7, 11) is -3.77. The molecule has 0 bridgehead atoms. The van der Waals surface area contributed by atoms with E-state index in [0.29, 0.717) is 13.0 Å². The van der Waals surface area contributed by atoms with E-state index in [1.54, 1.807) is 0 Å². The summed E-state index contributed by atoms with van der Waals surface area (Å²) in [4.78, 5) is -0.139. The van der Waals surface area contributed by atoms with Gasteiger partial charge < -0.3 is 5.73 Å². The van der Waals surface area contributed by atoms with Crippen LogP contribution in [0.5, 0.6) is 0 Å². The van der Waals surface area contributed by atoms with E-state index in [9.17, 15) is 21.6 Å². The van der Waals surface area contributed by atoms with Crippen LogP contribution in [0, 0.1) is 0 Å². The van der Waals surface area contributed by atoms with Crippen LogP contribution in [0.15, 0.2) is 29.2 Å². The van der Waals surface area contributed by atoms with Gasteiger partial charge in [-0.05, 0) is 37.1 Å². The summed E-state index contributed by atoms with van der Waals surface area (Å²) >= 11 is 0. The molecule has 1 aromatic rings. The predicted octanol–water partition coefficient (Wildman–Crippen LogP) is 1.82. The Kier molecular flexibility index (Phi) is 4.08. The first-order valence-corrected chi connectivity index (χ1v) is 7.58. The zero-order valence-corrected chi connectivity index (χ0v) is 11.4. The molecule has 1 fully saturated rings. The molecule has 1 atom stereocenters. The molecule has 2 N–H and O–H groups in total. The number of nitrogens with zero attached hydrogens (tertiary/aromatic N) is 1. The lowest BCUT2D eigenvalue weighted by molar-refractivity contribution is -0.137. The van der Waals surface area contributed by atoms with Gasteiger partial charge in [-0.2, -0.15) is 17.5 Å². The van der Waals surface area contributed by atoms with Crippen molar-refractivity contribution >= 4 is 10.0 Å². The first-order chi connectivity index (χ1) is 9.21. The first kappa shape index (κ1) is 15.3. The highest BCUT2D eigenvalue weighted by atomic mass is 32.2. The molecule has 0 unspecified atom stereocenters. The van der Waals surface area contributed by atoms with Gasteiger partial charge in [-0.1, -0.05) is 0 Å². The van der Waals surface area contributed by atoms with Gasteiger partial charge in [0, 0.05) is 19.1 Å². The van der Waals surface area contributed by atoms with Crippen molar-refractivity contribution in [3.8, 4) is 0 Å². The summed E-state index contributed by atoms with van der Waals surface area (Å²) in [6.45, 7) is 0.542. The lowest BCUT2D eigenvalue weighted by Crippen LogP contribution is -2.45. The highest BCUT2D eigenvalue weighted by Crippen LogP contribution is 2.30. The van der Waals surface area contributed by atoms with Gasteiger partial charge in [0.2, 0.25) is 10.0 Å². The fraction of sp³-hybridized carbons (Fsp3) is 0.500. The molecule has 8 heteroatoms. The molecule has 1 aliphatic heterocycles. The molecule has 1 aromatic carbocycles. The highest BCUT2D eigenvalue weighted by molar-refractivity contribution is 7.89. The van der Waals surface area contributed by atoms with E-state index in [4.69, 9.17) is 5.73 Å². The Morgan fingerprint density at radius 3 is 2.30 bits per heavy atom. The Balaban J connectivity index is 2.26. The Hall–Kier alpha value is -1.12. The van der Waals surface area contributed by atoms with Crippen molar-refractivity contribution in [3.63, 3.8) is 0 Å². The summed E-state index contributed by atoms with van der Waals surface area (Å²) in [5.74, 6) is 0. The minimum atomic E-state index is -4.48. The summed E-state index contributed by atoms with van der Waals surface area (Å²) in [6.07, 6.45) is -3.07. The molecule has 1 saturated heterocycles. The van der Waals surface area contributed by atoms with Crippen LogP contribution in [0.1, 0.15) is 18.4 Å². The molecule has 112 valence electrons. The zero-order valence-electron chi connectivity index (χ0n) is 10.6. The summed E-state index contributed by atoms with van der Waals surface area (Å²) < 4.78 is 63.1. The van der Waals surface area contributed by atoms with Crippen molar-refractivity contribution in [2.75, 3.05) is 13.1 Å². The van der Waals surface area contributed by atoms with Gasteiger partial charge >= 0.3 is 6.18 Å².